The summed E-state index contributed by atoms with van der Waals surface area (Å²) < 4.78 is 35.3. The minimum Gasteiger partial charge on any atom is -0.505 e. The lowest BCUT2D eigenvalue weighted by atomic mass is 10.2. The second kappa shape index (κ2) is 6.73. The van der Waals surface area contributed by atoms with Gasteiger partial charge in [0.15, 0.2) is 11.6 Å². The summed E-state index contributed by atoms with van der Waals surface area (Å²) in [5.41, 5.74) is 0.192. The van der Waals surface area contributed by atoms with Crippen LogP contribution in [0.25, 0.3) is 0 Å². The van der Waals surface area contributed by atoms with Crippen LogP contribution in [0, 0.1) is 5.82 Å². The summed E-state index contributed by atoms with van der Waals surface area (Å²) in [6.45, 7) is 0. The van der Waals surface area contributed by atoms with Gasteiger partial charge >= 0.3 is 0 Å². The number of anilines is 3. The molecule has 2 aromatic rings. The van der Waals surface area contributed by atoms with Crippen LogP contribution < -0.4 is 9.62 Å². The normalized spacial score (nSPS) is 12.0. The van der Waals surface area contributed by atoms with Crippen LogP contribution in [0.5, 0.6) is 5.75 Å². The first-order valence-corrected chi connectivity index (χ1v) is 7.85. The SMILES string of the molecule is CN(c1cc(O)c(F)cc1Nc1nc(Cl)ncc1Br)S(=O)O. The highest BCUT2D eigenvalue weighted by molar-refractivity contribution is 9.10. The van der Waals surface area contributed by atoms with Crippen molar-refractivity contribution in [3.05, 3.63) is 33.9 Å². The van der Waals surface area contributed by atoms with Crippen molar-refractivity contribution in [2.45, 2.75) is 0 Å². The molecule has 0 saturated carbocycles. The predicted octanol–water partition coefficient (Wildman–Crippen LogP) is 3.05. The standard InChI is InChI=1S/C11H9BrClFN4O3S/c1-18(22(20)21)8-3-9(19)6(14)2-7(8)16-10-5(12)4-15-11(13)17-10/h2-4,19H,1H3,(H,20,21)(H,15,16,17). The molecule has 0 aliphatic carbocycles. The Hall–Kier alpha value is -1.49. The van der Waals surface area contributed by atoms with Gasteiger partial charge in [-0.2, -0.15) is 4.98 Å². The zero-order valence-electron chi connectivity index (χ0n) is 10.9. The van der Waals surface area contributed by atoms with Crippen LogP contribution in [0.1, 0.15) is 0 Å². The highest BCUT2D eigenvalue weighted by Gasteiger charge is 2.17. The third-order valence-corrected chi connectivity index (χ3v) is 4.03. The Morgan fingerprint density at radius 1 is 1.50 bits per heavy atom. The third kappa shape index (κ3) is 3.64. The number of rotatable bonds is 4. The molecule has 1 atom stereocenters. The molecule has 7 nitrogen and oxygen atoms in total. The van der Waals surface area contributed by atoms with Crippen LogP contribution in [-0.2, 0) is 11.3 Å². The molecule has 0 aliphatic rings. The number of benzene rings is 1. The van der Waals surface area contributed by atoms with Crippen LogP contribution in [0.3, 0.4) is 0 Å². The molecule has 0 fully saturated rings. The molecule has 1 unspecified atom stereocenters. The van der Waals surface area contributed by atoms with E-state index in [4.69, 9.17) is 16.2 Å². The van der Waals surface area contributed by atoms with E-state index in [-0.39, 0.29) is 22.5 Å². The summed E-state index contributed by atoms with van der Waals surface area (Å²) in [5, 5.41) is 12.2. The van der Waals surface area contributed by atoms with Crippen molar-refractivity contribution in [1.82, 2.24) is 9.97 Å². The molecular formula is C11H9BrClFN4O3S. The zero-order valence-corrected chi connectivity index (χ0v) is 14.1. The number of hydrogen-bond donors (Lipinski definition) is 3. The van der Waals surface area contributed by atoms with Crippen LogP contribution in [-0.4, -0.2) is 30.9 Å². The summed E-state index contributed by atoms with van der Waals surface area (Å²) in [6, 6.07) is 1.99. The minimum absolute atomic E-state index is 0.0365. The van der Waals surface area contributed by atoms with E-state index in [0.29, 0.717) is 4.47 Å². The Labute approximate surface area is 140 Å². The fourth-order valence-electron chi connectivity index (χ4n) is 1.56. The van der Waals surface area contributed by atoms with Gasteiger partial charge in [-0.25, -0.2) is 13.6 Å². The molecule has 22 heavy (non-hydrogen) atoms. The highest BCUT2D eigenvalue weighted by atomic mass is 79.9. The van der Waals surface area contributed by atoms with E-state index in [0.717, 1.165) is 16.4 Å². The van der Waals surface area contributed by atoms with E-state index in [2.05, 4.69) is 31.2 Å². The Bertz CT molecular complexity index is 752. The van der Waals surface area contributed by atoms with Gasteiger partial charge < -0.3 is 10.4 Å². The Morgan fingerprint density at radius 3 is 2.82 bits per heavy atom. The van der Waals surface area contributed by atoms with Gasteiger partial charge in [0.05, 0.1) is 15.8 Å². The fourth-order valence-corrected chi connectivity index (χ4v) is 2.30. The molecule has 0 radical (unpaired) electrons. The Morgan fingerprint density at radius 2 is 2.18 bits per heavy atom. The number of hydrogen-bond acceptors (Lipinski definition) is 5. The maximum absolute atomic E-state index is 13.6. The molecule has 1 aromatic heterocycles. The first kappa shape index (κ1) is 16.9. The molecule has 2 rings (SSSR count). The molecule has 1 aromatic carbocycles. The lowest BCUT2D eigenvalue weighted by Gasteiger charge is -2.19. The number of aromatic hydroxyl groups is 1. The van der Waals surface area contributed by atoms with Crippen LogP contribution in [0.4, 0.5) is 21.6 Å². The van der Waals surface area contributed by atoms with Gasteiger partial charge in [0.2, 0.25) is 5.28 Å². The number of nitrogens with one attached hydrogen (secondary N) is 1. The van der Waals surface area contributed by atoms with Crippen molar-refractivity contribution < 1.29 is 18.3 Å². The fraction of sp³-hybridized carbons (Fsp3) is 0.0909. The van der Waals surface area contributed by atoms with Gasteiger partial charge in [0.25, 0.3) is 11.3 Å². The van der Waals surface area contributed by atoms with Gasteiger partial charge in [0, 0.05) is 25.4 Å². The lowest BCUT2D eigenvalue weighted by Crippen LogP contribution is -2.20. The van der Waals surface area contributed by atoms with E-state index in [1.165, 1.54) is 13.2 Å². The summed E-state index contributed by atoms with van der Waals surface area (Å²) in [5.74, 6) is -1.33. The average molecular weight is 412 g/mol. The van der Waals surface area contributed by atoms with Crippen molar-refractivity contribution in [2.75, 3.05) is 16.7 Å². The van der Waals surface area contributed by atoms with Crippen molar-refractivity contribution in [3.8, 4) is 5.75 Å². The maximum atomic E-state index is 13.6. The number of nitrogens with zero attached hydrogens (tertiary/aromatic N) is 3. The molecule has 0 amide bonds. The second-order valence-electron chi connectivity index (χ2n) is 4.01. The van der Waals surface area contributed by atoms with E-state index in [1.54, 1.807) is 0 Å². The zero-order chi connectivity index (χ0) is 16.4. The van der Waals surface area contributed by atoms with Crippen molar-refractivity contribution in [3.63, 3.8) is 0 Å². The average Bonchev–Trinajstić information content (AvgIpc) is 2.45. The monoisotopic (exact) mass is 410 g/mol. The maximum Gasteiger partial charge on any atom is 0.261 e. The van der Waals surface area contributed by atoms with Crippen molar-refractivity contribution >= 4 is 56.0 Å². The number of phenols is 1. The topological polar surface area (TPSA) is 98.6 Å². The Kier molecular flexibility index (Phi) is 5.16. The number of phenolic OH excluding ortho intramolecular Hbond substituents is 1. The van der Waals surface area contributed by atoms with E-state index in [9.17, 15) is 13.7 Å². The minimum atomic E-state index is -2.36. The summed E-state index contributed by atoms with van der Waals surface area (Å²) in [7, 11) is 1.30. The summed E-state index contributed by atoms with van der Waals surface area (Å²) in [4.78, 5) is 7.67. The predicted molar refractivity (Wildman–Crippen MR) is 85.3 cm³/mol. The van der Waals surface area contributed by atoms with Crippen LogP contribution in [0.2, 0.25) is 5.28 Å². The third-order valence-electron chi connectivity index (χ3n) is 2.61. The largest absolute Gasteiger partial charge is 0.505 e. The smallest absolute Gasteiger partial charge is 0.261 e. The highest BCUT2D eigenvalue weighted by Crippen LogP contribution is 2.35. The quantitative estimate of drug-likeness (QED) is 0.406. The van der Waals surface area contributed by atoms with Crippen molar-refractivity contribution in [2.24, 2.45) is 0 Å². The van der Waals surface area contributed by atoms with Gasteiger partial charge in [0.1, 0.15) is 5.82 Å². The van der Waals surface area contributed by atoms with Gasteiger partial charge in [-0.1, -0.05) is 0 Å². The van der Waals surface area contributed by atoms with E-state index in [1.807, 2.05) is 0 Å². The lowest BCUT2D eigenvalue weighted by molar-refractivity contribution is 0.433. The first-order valence-electron chi connectivity index (χ1n) is 5.62. The summed E-state index contributed by atoms with van der Waals surface area (Å²) in [6.07, 6.45) is 1.39. The molecule has 0 aliphatic heterocycles. The van der Waals surface area contributed by atoms with Crippen LogP contribution >= 0.6 is 27.5 Å². The number of aromatic nitrogens is 2. The molecule has 0 spiro atoms. The van der Waals surface area contributed by atoms with Crippen molar-refractivity contribution in [1.29, 1.82) is 0 Å². The first-order chi connectivity index (χ1) is 10.3. The number of halogens is 3. The molecule has 0 saturated heterocycles. The van der Waals surface area contributed by atoms with Gasteiger partial charge in [-0.05, 0) is 27.5 Å². The van der Waals surface area contributed by atoms with Crippen LogP contribution in [0.15, 0.2) is 22.8 Å². The second-order valence-corrected chi connectivity index (χ2v) is 6.21. The summed E-state index contributed by atoms with van der Waals surface area (Å²) >= 11 is 6.53. The molecule has 118 valence electrons. The van der Waals surface area contributed by atoms with E-state index >= 15 is 0 Å². The molecular weight excluding hydrogens is 403 g/mol. The Balaban J connectivity index is 2.51. The molecule has 3 N–H and O–H groups in total. The van der Waals surface area contributed by atoms with E-state index < -0.39 is 22.8 Å². The van der Waals surface area contributed by atoms with Gasteiger partial charge in [-0.3, -0.25) is 8.86 Å². The van der Waals surface area contributed by atoms with Gasteiger partial charge in [-0.15, -0.1) is 0 Å². The molecule has 1 heterocycles. The molecule has 0 bridgehead atoms. The molecule has 11 heteroatoms.